The van der Waals surface area contributed by atoms with Crippen molar-refractivity contribution in [2.24, 2.45) is 0 Å². The van der Waals surface area contributed by atoms with Crippen LogP contribution in [0.15, 0.2) is 17.3 Å². The van der Waals surface area contributed by atoms with Crippen LogP contribution in [0.25, 0.3) is 11.0 Å². The summed E-state index contributed by atoms with van der Waals surface area (Å²) in [5.41, 5.74) is 0.133. The van der Waals surface area contributed by atoms with Gasteiger partial charge in [0.2, 0.25) is 0 Å². The Balaban J connectivity index is 3.07. The highest BCUT2D eigenvalue weighted by molar-refractivity contribution is 5.72. The molecule has 0 bridgehead atoms. The van der Waals surface area contributed by atoms with Gasteiger partial charge in [-0.3, -0.25) is 4.79 Å². The van der Waals surface area contributed by atoms with Crippen LogP contribution < -0.4 is 11.4 Å². The Labute approximate surface area is 60.6 Å². The summed E-state index contributed by atoms with van der Waals surface area (Å²) in [6.07, 6.45) is 2.75. The molecule has 0 atom stereocenters. The van der Waals surface area contributed by atoms with Crippen molar-refractivity contribution < 1.29 is 0 Å². The smallest absolute Gasteiger partial charge is 0.276 e. The monoisotopic (exact) mass is 151 g/mol. The van der Waals surface area contributed by atoms with Crippen LogP contribution in [-0.2, 0) is 0 Å². The fourth-order valence-electron chi connectivity index (χ4n) is 0.898. The molecule has 0 saturated heterocycles. The average molecular weight is 151 g/mol. The number of nitrogens with two attached hydrogens (primary N) is 1. The van der Waals surface area contributed by atoms with Gasteiger partial charge in [-0.2, -0.15) is 4.79 Å². The maximum atomic E-state index is 11.0. The van der Waals surface area contributed by atoms with Crippen molar-refractivity contribution in [3.8, 4) is 0 Å². The highest BCUT2D eigenvalue weighted by Crippen LogP contribution is 1.98. The predicted molar refractivity (Wildman–Crippen MR) is 38.3 cm³/mol. The topological polar surface area (TPSA) is 89.6 Å². The number of nitrogens with one attached hydrogen (secondary N) is 1. The molecular weight excluding hydrogens is 146 g/mol. The second kappa shape index (κ2) is 1.82. The number of aromatic amines is 1. The molecule has 0 fully saturated rings. The number of hydrogen-bond acceptors (Lipinski definition) is 4. The lowest BCUT2D eigenvalue weighted by atomic mass is 10.4. The molecule has 0 saturated carbocycles. The van der Waals surface area contributed by atoms with Gasteiger partial charge in [0, 0.05) is 6.20 Å². The molecule has 6 heteroatoms. The van der Waals surface area contributed by atoms with Crippen molar-refractivity contribution in [1.29, 1.82) is 0 Å². The molecule has 3 N–H and O–H groups in total. The Morgan fingerprint density at radius 3 is 3.18 bits per heavy atom. The lowest BCUT2D eigenvalue weighted by Gasteiger charge is -1.89. The second-order valence-electron chi connectivity index (χ2n) is 2.07. The summed E-state index contributed by atoms with van der Waals surface area (Å²) in [7, 11) is 0. The van der Waals surface area contributed by atoms with Crippen molar-refractivity contribution >= 4 is 11.0 Å². The number of H-pyrrole nitrogens is 1. The molecule has 6 nitrogen and oxygen atoms in total. The Morgan fingerprint density at radius 1 is 1.64 bits per heavy atom. The number of aromatic nitrogens is 4. The lowest BCUT2D eigenvalue weighted by Crippen LogP contribution is -2.13. The molecule has 56 valence electrons. The lowest BCUT2D eigenvalue weighted by molar-refractivity contribution is 0.833. The van der Waals surface area contributed by atoms with Crippen LogP contribution in [0.3, 0.4) is 0 Å². The molecule has 11 heavy (non-hydrogen) atoms. The van der Waals surface area contributed by atoms with E-state index in [2.05, 4.69) is 15.1 Å². The Morgan fingerprint density at radius 2 is 2.45 bits per heavy atom. The molecule has 0 radical (unpaired) electrons. The van der Waals surface area contributed by atoms with Crippen LogP contribution in [0.1, 0.15) is 0 Å². The highest BCUT2D eigenvalue weighted by atomic mass is 16.1. The largest absolute Gasteiger partial charge is 0.323 e. The first-order chi connectivity index (χ1) is 5.29. The summed E-state index contributed by atoms with van der Waals surface area (Å²) in [6, 6.07) is 0. The van der Waals surface area contributed by atoms with E-state index < -0.39 is 0 Å². The number of nitrogen functional groups attached to an aromatic ring is 1. The molecule has 2 aromatic rings. The normalized spacial score (nSPS) is 10.5. The minimum Gasteiger partial charge on any atom is -0.323 e. The van der Waals surface area contributed by atoms with Crippen molar-refractivity contribution in [3.63, 3.8) is 0 Å². The zero-order chi connectivity index (χ0) is 7.84. The van der Waals surface area contributed by atoms with Crippen molar-refractivity contribution in [2.45, 2.75) is 0 Å². The van der Waals surface area contributed by atoms with Gasteiger partial charge in [0.05, 0.1) is 0 Å². The molecule has 0 aromatic carbocycles. The van der Waals surface area contributed by atoms with E-state index in [4.69, 9.17) is 5.84 Å². The van der Waals surface area contributed by atoms with Crippen LogP contribution in [-0.4, -0.2) is 19.9 Å². The van der Waals surface area contributed by atoms with Gasteiger partial charge in [0.1, 0.15) is 11.7 Å². The van der Waals surface area contributed by atoms with Gasteiger partial charge in [0.25, 0.3) is 5.56 Å². The third-order valence-electron chi connectivity index (χ3n) is 1.39. The molecule has 0 aliphatic heterocycles. The third kappa shape index (κ3) is 0.689. The van der Waals surface area contributed by atoms with Crippen molar-refractivity contribution in [1.82, 2.24) is 19.9 Å². The minimum absolute atomic E-state index is 0.275. The van der Waals surface area contributed by atoms with E-state index in [1.165, 1.54) is 12.5 Å². The SMILES string of the molecule is Nn1[nH]c(=O)c2cncnc21. The van der Waals surface area contributed by atoms with Crippen molar-refractivity contribution in [2.75, 3.05) is 5.84 Å². The summed E-state index contributed by atoms with van der Waals surface area (Å²) in [4.78, 5) is 19.5. The van der Waals surface area contributed by atoms with Gasteiger partial charge in [-0.05, 0) is 0 Å². The van der Waals surface area contributed by atoms with Gasteiger partial charge in [-0.1, -0.05) is 0 Å². The summed E-state index contributed by atoms with van der Waals surface area (Å²) < 4.78 is 0. The first-order valence-corrected chi connectivity index (χ1v) is 2.95. The molecule has 0 amide bonds. The molecular formula is C5H5N5O. The summed E-state index contributed by atoms with van der Waals surface area (Å²) >= 11 is 0. The quantitative estimate of drug-likeness (QED) is 0.464. The molecule has 2 heterocycles. The predicted octanol–water partition coefficient (Wildman–Crippen LogP) is -1.17. The van der Waals surface area contributed by atoms with Crippen LogP contribution in [0.4, 0.5) is 0 Å². The Kier molecular flexibility index (Phi) is 0.974. The molecule has 0 unspecified atom stereocenters. The van der Waals surface area contributed by atoms with Crippen LogP contribution in [0, 0.1) is 0 Å². The van der Waals surface area contributed by atoms with E-state index in [1.807, 2.05) is 0 Å². The van der Waals surface area contributed by atoms with E-state index in [0.29, 0.717) is 11.0 Å². The van der Waals surface area contributed by atoms with E-state index in [9.17, 15) is 4.79 Å². The number of hydrogen-bond donors (Lipinski definition) is 2. The van der Waals surface area contributed by atoms with Crippen LogP contribution >= 0.6 is 0 Å². The fraction of sp³-hybridized carbons (Fsp3) is 0. The zero-order valence-corrected chi connectivity index (χ0v) is 5.48. The Hall–Kier alpha value is -1.85. The minimum atomic E-state index is -0.275. The van der Waals surface area contributed by atoms with Gasteiger partial charge >= 0.3 is 0 Å². The molecule has 0 spiro atoms. The summed E-state index contributed by atoms with van der Waals surface area (Å²) in [5.74, 6) is 5.35. The standard InChI is InChI=1S/C5H5N5O/c6-10-4-3(5(11)9-10)1-7-2-8-4/h1-2H,6H2,(H,9,11). The van der Waals surface area contributed by atoms with E-state index in [-0.39, 0.29) is 5.56 Å². The van der Waals surface area contributed by atoms with Crippen LogP contribution in [0.2, 0.25) is 0 Å². The van der Waals surface area contributed by atoms with Gasteiger partial charge in [-0.25, -0.2) is 15.1 Å². The Bertz CT molecular complexity index is 441. The molecule has 2 aromatic heterocycles. The van der Waals surface area contributed by atoms with Gasteiger partial charge < -0.3 is 5.84 Å². The van der Waals surface area contributed by atoms with E-state index in [1.54, 1.807) is 0 Å². The van der Waals surface area contributed by atoms with Crippen molar-refractivity contribution in [3.05, 3.63) is 22.9 Å². The van der Waals surface area contributed by atoms with Gasteiger partial charge in [-0.15, -0.1) is 0 Å². The molecule has 2 rings (SSSR count). The maximum absolute atomic E-state index is 11.0. The molecule has 0 aliphatic rings. The van der Waals surface area contributed by atoms with E-state index in [0.717, 1.165) is 4.79 Å². The number of fused-ring (bicyclic) bond motifs is 1. The average Bonchev–Trinajstić information content (AvgIpc) is 2.30. The van der Waals surface area contributed by atoms with E-state index >= 15 is 0 Å². The number of rotatable bonds is 0. The summed E-state index contributed by atoms with van der Waals surface area (Å²) in [6.45, 7) is 0. The van der Waals surface area contributed by atoms with Gasteiger partial charge in [0.15, 0.2) is 5.65 Å². The zero-order valence-electron chi connectivity index (χ0n) is 5.48. The third-order valence-corrected chi connectivity index (χ3v) is 1.39. The first-order valence-electron chi connectivity index (χ1n) is 2.95. The second-order valence-corrected chi connectivity index (χ2v) is 2.07. The fourth-order valence-corrected chi connectivity index (χ4v) is 0.898. The first kappa shape index (κ1) is 5.90. The summed E-state index contributed by atoms with van der Waals surface area (Å²) in [5, 5.41) is 2.75. The van der Waals surface area contributed by atoms with Crippen LogP contribution in [0.5, 0.6) is 0 Å². The molecule has 0 aliphatic carbocycles. The number of nitrogens with zero attached hydrogens (tertiary/aromatic N) is 3. The maximum Gasteiger partial charge on any atom is 0.276 e. The highest BCUT2D eigenvalue weighted by Gasteiger charge is 2.03.